The molecule has 2 rings (SSSR count). The average molecular weight is 311 g/mol. The van der Waals surface area contributed by atoms with Gasteiger partial charge in [-0.25, -0.2) is 13.1 Å². The standard InChI is InChI=1S/C14H21N3O3S/c1-10-4-3-5-12(15)13(10)14(18)17-8-6-11(7-9-17)16-21(2,19)20/h3-5,11,16H,6-9,15H2,1-2H3. The number of benzene rings is 1. The fourth-order valence-corrected chi connectivity index (χ4v) is 3.49. The number of anilines is 1. The smallest absolute Gasteiger partial charge is 0.256 e. The Bertz CT molecular complexity index is 615. The molecule has 1 fully saturated rings. The molecule has 3 N–H and O–H groups in total. The Morgan fingerprint density at radius 1 is 1.33 bits per heavy atom. The van der Waals surface area contributed by atoms with Gasteiger partial charge in [0, 0.05) is 24.8 Å². The summed E-state index contributed by atoms with van der Waals surface area (Å²) in [7, 11) is -3.20. The van der Waals surface area contributed by atoms with Gasteiger partial charge in [-0.2, -0.15) is 0 Å². The van der Waals surface area contributed by atoms with E-state index in [0.29, 0.717) is 37.2 Å². The van der Waals surface area contributed by atoms with Crippen LogP contribution in [-0.4, -0.2) is 44.6 Å². The Morgan fingerprint density at radius 3 is 2.48 bits per heavy atom. The van der Waals surface area contributed by atoms with Crippen LogP contribution in [0.4, 0.5) is 5.69 Å². The van der Waals surface area contributed by atoms with Gasteiger partial charge >= 0.3 is 0 Å². The third kappa shape index (κ3) is 3.95. The Labute approximate surface area is 125 Å². The molecule has 0 aliphatic carbocycles. The summed E-state index contributed by atoms with van der Waals surface area (Å²) in [6.45, 7) is 2.92. The van der Waals surface area contributed by atoms with Crippen molar-refractivity contribution < 1.29 is 13.2 Å². The monoisotopic (exact) mass is 311 g/mol. The number of piperidine rings is 1. The van der Waals surface area contributed by atoms with E-state index < -0.39 is 10.0 Å². The zero-order chi connectivity index (χ0) is 15.6. The van der Waals surface area contributed by atoms with Gasteiger partial charge in [0.1, 0.15) is 0 Å². The first-order chi connectivity index (χ1) is 9.78. The van der Waals surface area contributed by atoms with E-state index in [4.69, 9.17) is 5.73 Å². The fourth-order valence-electron chi connectivity index (χ4n) is 2.64. The number of carbonyl (C=O) groups is 1. The summed E-state index contributed by atoms with van der Waals surface area (Å²) < 4.78 is 25.0. The van der Waals surface area contributed by atoms with E-state index in [1.165, 1.54) is 0 Å². The first-order valence-electron chi connectivity index (χ1n) is 6.89. The van der Waals surface area contributed by atoms with Crippen molar-refractivity contribution in [2.75, 3.05) is 25.1 Å². The molecule has 6 nitrogen and oxygen atoms in total. The second-order valence-electron chi connectivity index (χ2n) is 5.50. The SMILES string of the molecule is Cc1cccc(N)c1C(=O)N1CCC(NS(C)(=O)=O)CC1. The molecule has 1 amide bonds. The molecule has 0 atom stereocenters. The zero-order valence-corrected chi connectivity index (χ0v) is 13.1. The van der Waals surface area contributed by atoms with Crippen LogP contribution in [0.25, 0.3) is 0 Å². The topological polar surface area (TPSA) is 92.5 Å². The van der Waals surface area contributed by atoms with E-state index in [0.717, 1.165) is 11.8 Å². The number of rotatable bonds is 3. The number of nitrogens with zero attached hydrogens (tertiary/aromatic N) is 1. The lowest BCUT2D eigenvalue weighted by Gasteiger charge is -2.32. The number of hydrogen-bond donors (Lipinski definition) is 2. The largest absolute Gasteiger partial charge is 0.398 e. The van der Waals surface area contributed by atoms with Crippen molar-refractivity contribution >= 4 is 21.6 Å². The number of sulfonamides is 1. The highest BCUT2D eigenvalue weighted by atomic mass is 32.2. The van der Waals surface area contributed by atoms with Gasteiger partial charge in [-0.3, -0.25) is 4.79 Å². The van der Waals surface area contributed by atoms with E-state index in [1.807, 2.05) is 19.1 Å². The Hall–Kier alpha value is -1.60. The maximum Gasteiger partial charge on any atom is 0.256 e. The minimum atomic E-state index is -3.20. The van der Waals surface area contributed by atoms with Crippen LogP contribution in [0, 0.1) is 6.92 Å². The van der Waals surface area contributed by atoms with Crippen molar-refractivity contribution in [1.82, 2.24) is 9.62 Å². The van der Waals surface area contributed by atoms with Crippen molar-refractivity contribution in [2.24, 2.45) is 0 Å². The average Bonchev–Trinajstić information content (AvgIpc) is 2.37. The molecule has 21 heavy (non-hydrogen) atoms. The van der Waals surface area contributed by atoms with Gasteiger partial charge < -0.3 is 10.6 Å². The molecule has 0 bridgehead atoms. The minimum Gasteiger partial charge on any atom is -0.398 e. The number of nitrogen functional groups attached to an aromatic ring is 1. The Balaban J connectivity index is 2.04. The van der Waals surface area contributed by atoms with Gasteiger partial charge in [0.05, 0.1) is 11.8 Å². The van der Waals surface area contributed by atoms with E-state index in [2.05, 4.69) is 4.72 Å². The molecular formula is C14H21N3O3S. The molecular weight excluding hydrogens is 290 g/mol. The van der Waals surface area contributed by atoms with Crippen LogP contribution in [0.2, 0.25) is 0 Å². The summed E-state index contributed by atoms with van der Waals surface area (Å²) in [5.41, 5.74) is 7.79. The van der Waals surface area contributed by atoms with Crippen molar-refractivity contribution in [3.05, 3.63) is 29.3 Å². The number of likely N-dealkylation sites (tertiary alicyclic amines) is 1. The van der Waals surface area contributed by atoms with Gasteiger partial charge in [-0.1, -0.05) is 12.1 Å². The summed E-state index contributed by atoms with van der Waals surface area (Å²) in [6.07, 6.45) is 2.38. The van der Waals surface area contributed by atoms with Crippen molar-refractivity contribution in [3.63, 3.8) is 0 Å². The third-order valence-electron chi connectivity index (χ3n) is 3.68. The number of hydrogen-bond acceptors (Lipinski definition) is 4. The molecule has 7 heteroatoms. The molecule has 1 aliphatic heterocycles. The summed E-state index contributed by atoms with van der Waals surface area (Å²) in [5.74, 6) is -0.0802. The first kappa shape index (κ1) is 15.8. The highest BCUT2D eigenvalue weighted by Gasteiger charge is 2.26. The van der Waals surface area contributed by atoms with E-state index >= 15 is 0 Å². The molecule has 0 aromatic heterocycles. The van der Waals surface area contributed by atoms with Crippen LogP contribution in [-0.2, 0) is 10.0 Å². The molecule has 0 spiro atoms. The zero-order valence-electron chi connectivity index (χ0n) is 12.3. The van der Waals surface area contributed by atoms with Gasteiger partial charge in [0.15, 0.2) is 0 Å². The normalized spacial score (nSPS) is 17.0. The maximum atomic E-state index is 12.5. The van der Waals surface area contributed by atoms with Crippen LogP contribution >= 0.6 is 0 Å². The predicted octanol–water partition coefficient (Wildman–Crippen LogP) is 0.731. The highest BCUT2D eigenvalue weighted by Crippen LogP contribution is 2.21. The lowest BCUT2D eigenvalue weighted by atomic mass is 10.0. The van der Waals surface area contributed by atoms with Crippen molar-refractivity contribution in [1.29, 1.82) is 0 Å². The molecule has 0 saturated carbocycles. The fraction of sp³-hybridized carbons (Fsp3) is 0.500. The van der Waals surface area contributed by atoms with Gasteiger partial charge in [-0.15, -0.1) is 0 Å². The maximum absolute atomic E-state index is 12.5. The van der Waals surface area contributed by atoms with E-state index in [1.54, 1.807) is 11.0 Å². The lowest BCUT2D eigenvalue weighted by Crippen LogP contribution is -2.46. The van der Waals surface area contributed by atoms with Gasteiger partial charge in [-0.05, 0) is 31.4 Å². The molecule has 1 aromatic rings. The molecule has 0 radical (unpaired) electrons. The molecule has 1 aromatic carbocycles. The van der Waals surface area contributed by atoms with Gasteiger partial charge in [0.25, 0.3) is 5.91 Å². The van der Waals surface area contributed by atoms with Crippen LogP contribution in [0.1, 0.15) is 28.8 Å². The Kier molecular flexibility index (Phi) is 4.53. The van der Waals surface area contributed by atoms with Crippen molar-refractivity contribution in [2.45, 2.75) is 25.8 Å². The molecule has 1 saturated heterocycles. The van der Waals surface area contributed by atoms with Crippen LogP contribution in [0.3, 0.4) is 0 Å². The molecule has 0 unspecified atom stereocenters. The van der Waals surface area contributed by atoms with Crippen LogP contribution < -0.4 is 10.5 Å². The van der Waals surface area contributed by atoms with Crippen LogP contribution in [0.5, 0.6) is 0 Å². The molecule has 1 aliphatic rings. The Morgan fingerprint density at radius 2 is 1.95 bits per heavy atom. The number of nitrogens with two attached hydrogens (primary N) is 1. The van der Waals surface area contributed by atoms with E-state index in [9.17, 15) is 13.2 Å². The molecule has 116 valence electrons. The second kappa shape index (κ2) is 6.03. The highest BCUT2D eigenvalue weighted by molar-refractivity contribution is 7.88. The van der Waals surface area contributed by atoms with Crippen LogP contribution in [0.15, 0.2) is 18.2 Å². The first-order valence-corrected chi connectivity index (χ1v) is 8.79. The van der Waals surface area contributed by atoms with Crippen molar-refractivity contribution in [3.8, 4) is 0 Å². The third-order valence-corrected chi connectivity index (χ3v) is 4.44. The minimum absolute atomic E-state index is 0.0802. The second-order valence-corrected chi connectivity index (χ2v) is 7.28. The molecule has 1 heterocycles. The lowest BCUT2D eigenvalue weighted by molar-refractivity contribution is 0.0711. The number of aryl methyl sites for hydroxylation is 1. The van der Waals surface area contributed by atoms with Gasteiger partial charge in [0.2, 0.25) is 10.0 Å². The number of nitrogens with one attached hydrogen (secondary N) is 1. The predicted molar refractivity (Wildman–Crippen MR) is 82.5 cm³/mol. The summed E-state index contributed by atoms with van der Waals surface area (Å²) >= 11 is 0. The number of amides is 1. The number of carbonyl (C=O) groups excluding carboxylic acids is 1. The summed E-state index contributed by atoms with van der Waals surface area (Å²) in [5, 5.41) is 0. The summed E-state index contributed by atoms with van der Waals surface area (Å²) in [4.78, 5) is 14.3. The summed E-state index contributed by atoms with van der Waals surface area (Å²) in [6, 6.07) is 5.31. The quantitative estimate of drug-likeness (QED) is 0.805. The van der Waals surface area contributed by atoms with E-state index in [-0.39, 0.29) is 11.9 Å².